The number of aromatic nitrogens is 1. The molecule has 6 heteroatoms. The molecule has 0 bridgehead atoms. The van der Waals surface area contributed by atoms with E-state index >= 15 is 0 Å². The summed E-state index contributed by atoms with van der Waals surface area (Å²) in [6.45, 7) is 1.05. The molecule has 2 N–H and O–H groups in total. The Bertz CT molecular complexity index is 851. The third kappa shape index (κ3) is 3.71. The fraction of sp³-hybridized carbons (Fsp3) is 0.381. The van der Waals surface area contributed by atoms with E-state index in [0.29, 0.717) is 19.6 Å². The minimum Gasteiger partial charge on any atom is -0.367 e. The van der Waals surface area contributed by atoms with Crippen LogP contribution in [0, 0.1) is 5.92 Å². The van der Waals surface area contributed by atoms with Crippen LogP contribution in [0.4, 0.5) is 0 Å². The number of primary amides is 1. The van der Waals surface area contributed by atoms with Crippen LogP contribution in [0.25, 0.3) is 11.1 Å². The lowest BCUT2D eigenvalue weighted by atomic mass is 9.90. The van der Waals surface area contributed by atoms with Crippen LogP contribution in [0.1, 0.15) is 18.4 Å². The zero-order valence-corrected chi connectivity index (χ0v) is 15.1. The second-order valence-electron chi connectivity index (χ2n) is 7.36. The van der Waals surface area contributed by atoms with E-state index in [9.17, 15) is 9.59 Å². The van der Waals surface area contributed by atoms with Gasteiger partial charge in [-0.15, -0.1) is 0 Å². The van der Waals surface area contributed by atoms with Gasteiger partial charge in [-0.1, -0.05) is 30.3 Å². The third-order valence-corrected chi connectivity index (χ3v) is 5.28. The van der Waals surface area contributed by atoms with E-state index in [0.717, 1.165) is 29.5 Å². The van der Waals surface area contributed by atoms with Crippen molar-refractivity contribution in [2.45, 2.75) is 24.9 Å². The van der Waals surface area contributed by atoms with E-state index in [1.54, 1.807) is 17.3 Å². The highest BCUT2D eigenvalue weighted by Gasteiger charge is 2.45. The summed E-state index contributed by atoms with van der Waals surface area (Å²) >= 11 is 0. The number of ether oxygens (including phenoxy) is 1. The molecule has 2 aromatic rings. The first-order chi connectivity index (χ1) is 13.1. The minimum atomic E-state index is -1.18. The predicted octanol–water partition coefficient (Wildman–Crippen LogP) is 1.78. The van der Waals surface area contributed by atoms with Gasteiger partial charge < -0.3 is 15.4 Å². The number of nitrogens with zero attached hydrogens (tertiary/aromatic N) is 2. The summed E-state index contributed by atoms with van der Waals surface area (Å²) in [6.07, 6.45) is 5.75. The fourth-order valence-electron chi connectivity index (χ4n) is 3.63. The molecule has 1 aliphatic heterocycles. The van der Waals surface area contributed by atoms with Crippen LogP contribution in [0.15, 0.2) is 48.8 Å². The normalized spacial score (nSPS) is 22.4. The third-order valence-electron chi connectivity index (χ3n) is 5.28. The minimum absolute atomic E-state index is 0.114. The van der Waals surface area contributed by atoms with Crippen LogP contribution in [0.5, 0.6) is 0 Å². The number of benzene rings is 1. The van der Waals surface area contributed by atoms with Gasteiger partial charge in [0, 0.05) is 31.3 Å². The quantitative estimate of drug-likeness (QED) is 0.875. The van der Waals surface area contributed by atoms with Crippen molar-refractivity contribution in [1.29, 1.82) is 0 Å². The molecule has 0 unspecified atom stereocenters. The molecule has 1 saturated heterocycles. The summed E-state index contributed by atoms with van der Waals surface area (Å²) < 4.78 is 5.88. The van der Waals surface area contributed by atoms with Crippen molar-refractivity contribution in [2.75, 3.05) is 19.7 Å². The molecule has 2 amide bonds. The van der Waals surface area contributed by atoms with Crippen LogP contribution in [0.3, 0.4) is 0 Å². The molecule has 0 spiro atoms. The van der Waals surface area contributed by atoms with E-state index in [2.05, 4.69) is 4.98 Å². The molecule has 4 rings (SSSR count). The summed E-state index contributed by atoms with van der Waals surface area (Å²) in [7, 11) is 0. The molecule has 0 radical (unpaired) electrons. The number of pyridine rings is 1. The first kappa shape index (κ1) is 17.7. The largest absolute Gasteiger partial charge is 0.367 e. The maximum absolute atomic E-state index is 12.5. The van der Waals surface area contributed by atoms with Gasteiger partial charge in [-0.2, -0.15) is 0 Å². The monoisotopic (exact) mass is 365 g/mol. The Hall–Kier alpha value is -2.73. The number of nitrogens with two attached hydrogens (primary N) is 1. The Morgan fingerprint density at radius 3 is 2.74 bits per heavy atom. The molecule has 140 valence electrons. The Labute approximate surface area is 158 Å². The first-order valence-electron chi connectivity index (χ1n) is 9.29. The molecule has 2 heterocycles. The maximum atomic E-state index is 12.5. The van der Waals surface area contributed by atoms with E-state index < -0.39 is 11.5 Å². The summed E-state index contributed by atoms with van der Waals surface area (Å²) in [4.78, 5) is 30.7. The Balaban J connectivity index is 1.58. The Morgan fingerprint density at radius 2 is 2.04 bits per heavy atom. The molecule has 1 aromatic heterocycles. The van der Waals surface area contributed by atoms with Crippen LogP contribution in [-0.2, 0) is 20.7 Å². The number of rotatable bonds is 5. The number of amides is 2. The molecule has 27 heavy (non-hydrogen) atoms. The van der Waals surface area contributed by atoms with Crippen molar-refractivity contribution in [1.82, 2.24) is 9.88 Å². The predicted molar refractivity (Wildman–Crippen MR) is 101 cm³/mol. The smallest absolute Gasteiger partial charge is 0.251 e. The molecular formula is C21H23N3O3. The average molecular weight is 365 g/mol. The highest BCUT2D eigenvalue weighted by molar-refractivity contribution is 5.87. The van der Waals surface area contributed by atoms with Crippen LogP contribution in [-0.4, -0.2) is 47.0 Å². The van der Waals surface area contributed by atoms with Gasteiger partial charge in [0.2, 0.25) is 5.91 Å². The van der Waals surface area contributed by atoms with Crippen molar-refractivity contribution in [2.24, 2.45) is 11.7 Å². The van der Waals surface area contributed by atoms with Crippen molar-refractivity contribution < 1.29 is 14.3 Å². The summed E-state index contributed by atoms with van der Waals surface area (Å²) in [5, 5.41) is 0. The van der Waals surface area contributed by atoms with Gasteiger partial charge in [0.1, 0.15) is 0 Å². The van der Waals surface area contributed by atoms with Crippen molar-refractivity contribution in [3.63, 3.8) is 0 Å². The molecule has 6 nitrogen and oxygen atoms in total. The average Bonchev–Trinajstić information content (AvgIpc) is 3.54. The second kappa shape index (κ2) is 7.12. The molecule has 2 aliphatic rings. The van der Waals surface area contributed by atoms with Gasteiger partial charge in [-0.05, 0) is 35.6 Å². The zero-order valence-electron chi connectivity index (χ0n) is 15.1. The van der Waals surface area contributed by atoms with Crippen molar-refractivity contribution in [3.8, 4) is 11.1 Å². The number of hydrogen-bond donors (Lipinski definition) is 1. The van der Waals surface area contributed by atoms with Crippen molar-refractivity contribution >= 4 is 11.8 Å². The standard InChI is InChI=1S/C21H23N3O3/c22-20(26)21(14-24(9-10-27-21)19(25)16-6-7-16)12-15-3-1-4-17(11-15)18-5-2-8-23-13-18/h1-5,8,11,13,16H,6-7,9-10,12,14H2,(H2,22,26)/t21-/m0/s1. The molecule has 1 saturated carbocycles. The number of carbonyl (C=O) groups is 2. The van der Waals surface area contributed by atoms with E-state index in [1.165, 1.54) is 0 Å². The zero-order chi connectivity index (χ0) is 18.9. The lowest BCUT2D eigenvalue weighted by molar-refractivity contribution is -0.164. The SMILES string of the molecule is NC(=O)[C@]1(Cc2cccc(-c3cccnc3)c2)CN(C(=O)C2CC2)CCO1. The number of morpholine rings is 1. The first-order valence-corrected chi connectivity index (χ1v) is 9.29. The molecule has 1 aromatic carbocycles. The van der Waals surface area contributed by atoms with Crippen LogP contribution < -0.4 is 5.73 Å². The fourth-order valence-corrected chi connectivity index (χ4v) is 3.63. The lowest BCUT2D eigenvalue weighted by Gasteiger charge is -2.41. The highest BCUT2D eigenvalue weighted by atomic mass is 16.5. The van der Waals surface area contributed by atoms with Gasteiger partial charge >= 0.3 is 0 Å². The number of hydrogen-bond acceptors (Lipinski definition) is 4. The van der Waals surface area contributed by atoms with Crippen molar-refractivity contribution in [3.05, 3.63) is 54.4 Å². The van der Waals surface area contributed by atoms with Gasteiger partial charge in [-0.25, -0.2) is 0 Å². The molecule has 1 atom stereocenters. The van der Waals surface area contributed by atoms with Gasteiger partial charge in [0.05, 0.1) is 13.2 Å². The summed E-state index contributed by atoms with van der Waals surface area (Å²) in [5.41, 5.74) is 7.52. The van der Waals surface area contributed by atoms with Gasteiger partial charge in [0.25, 0.3) is 5.91 Å². The topological polar surface area (TPSA) is 85.5 Å². The molecule has 1 aliphatic carbocycles. The Morgan fingerprint density at radius 1 is 1.22 bits per heavy atom. The lowest BCUT2D eigenvalue weighted by Crippen LogP contribution is -2.61. The van der Waals surface area contributed by atoms with Gasteiger partial charge in [-0.3, -0.25) is 14.6 Å². The second-order valence-corrected chi connectivity index (χ2v) is 7.36. The number of carbonyl (C=O) groups excluding carboxylic acids is 2. The van der Waals surface area contributed by atoms with Crippen LogP contribution in [0.2, 0.25) is 0 Å². The summed E-state index contributed by atoms with van der Waals surface area (Å²) in [6, 6.07) is 11.8. The molecule has 2 fully saturated rings. The maximum Gasteiger partial charge on any atom is 0.251 e. The Kier molecular flexibility index (Phi) is 4.66. The summed E-state index contributed by atoms with van der Waals surface area (Å²) in [5.74, 6) is -0.293. The van der Waals surface area contributed by atoms with E-state index in [1.807, 2.05) is 36.4 Å². The molecular weight excluding hydrogens is 342 g/mol. The van der Waals surface area contributed by atoms with Gasteiger partial charge in [0.15, 0.2) is 5.60 Å². The van der Waals surface area contributed by atoms with E-state index in [-0.39, 0.29) is 18.4 Å². The van der Waals surface area contributed by atoms with Crippen LogP contribution >= 0.6 is 0 Å². The van der Waals surface area contributed by atoms with E-state index in [4.69, 9.17) is 10.5 Å². The highest BCUT2D eigenvalue weighted by Crippen LogP contribution is 2.33.